The fraction of sp³-hybridized carbons (Fsp3) is 0.500. The van der Waals surface area contributed by atoms with Gasteiger partial charge < -0.3 is 10.2 Å². The van der Waals surface area contributed by atoms with Crippen LogP contribution in [0.3, 0.4) is 0 Å². The van der Waals surface area contributed by atoms with Crippen LogP contribution in [0, 0.1) is 0 Å². The Hall–Kier alpha value is -1.03. The van der Waals surface area contributed by atoms with Crippen molar-refractivity contribution in [2.24, 2.45) is 0 Å². The maximum atomic E-state index is 11.9. The highest BCUT2D eigenvalue weighted by Gasteiger charge is 2.20. The molecule has 0 atom stereocenters. The van der Waals surface area contributed by atoms with Gasteiger partial charge in [0.05, 0.1) is 9.88 Å². The first kappa shape index (κ1) is 9.52. The van der Waals surface area contributed by atoms with Gasteiger partial charge in [-0.1, -0.05) is 0 Å². The minimum absolute atomic E-state index is 0.189. The first-order valence-corrected chi connectivity index (χ1v) is 5.70. The van der Waals surface area contributed by atoms with Gasteiger partial charge >= 0.3 is 0 Å². The third-order valence-corrected chi connectivity index (χ3v) is 3.55. The number of nitrogens with one attached hydrogen (secondary N) is 1. The number of amides is 1. The van der Waals surface area contributed by atoms with Gasteiger partial charge in [-0.05, 0) is 25.0 Å². The lowest BCUT2D eigenvalue weighted by molar-refractivity contribution is 0.0797. The zero-order valence-corrected chi connectivity index (χ0v) is 9.06. The third-order valence-electron chi connectivity index (χ3n) is 2.46. The van der Waals surface area contributed by atoms with Crippen molar-refractivity contribution in [3.63, 3.8) is 0 Å². The van der Waals surface area contributed by atoms with Crippen molar-refractivity contribution >= 4 is 22.2 Å². The molecule has 0 aromatic carbocycles. The number of anilines is 1. The van der Waals surface area contributed by atoms with E-state index < -0.39 is 0 Å². The van der Waals surface area contributed by atoms with E-state index in [2.05, 4.69) is 5.32 Å². The molecule has 2 rings (SSSR count). The molecule has 1 aromatic rings. The summed E-state index contributed by atoms with van der Waals surface area (Å²) in [5, 5.41) is 4.09. The van der Waals surface area contributed by atoms with Crippen LogP contribution in [0.5, 0.6) is 0 Å². The molecule has 2 heterocycles. The van der Waals surface area contributed by atoms with Crippen molar-refractivity contribution in [3.05, 3.63) is 17.0 Å². The maximum absolute atomic E-state index is 11.9. The molecule has 0 spiro atoms. The molecule has 0 unspecified atom stereocenters. The Balaban J connectivity index is 2.09. The Kier molecular flexibility index (Phi) is 2.72. The first-order chi connectivity index (χ1) is 6.81. The summed E-state index contributed by atoms with van der Waals surface area (Å²) in [6, 6.07) is 3.85. The molecule has 14 heavy (non-hydrogen) atoms. The van der Waals surface area contributed by atoms with E-state index in [9.17, 15) is 4.79 Å². The normalized spacial score (nSPS) is 15.9. The van der Waals surface area contributed by atoms with Gasteiger partial charge in [-0.3, -0.25) is 4.79 Å². The topological polar surface area (TPSA) is 32.3 Å². The molecule has 1 aliphatic heterocycles. The second-order valence-corrected chi connectivity index (χ2v) is 4.50. The van der Waals surface area contributed by atoms with Crippen molar-refractivity contribution in [2.45, 2.75) is 12.8 Å². The Morgan fingerprint density at radius 1 is 1.43 bits per heavy atom. The smallest absolute Gasteiger partial charge is 0.263 e. The average Bonchev–Trinajstić information content (AvgIpc) is 2.88. The predicted molar refractivity (Wildman–Crippen MR) is 59.0 cm³/mol. The van der Waals surface area contributed by atoms with Gasteiger partial charge in [0.25, 0.3) is 5.91 Å². The molecule has 0 radical (unpaired) electrons. The van der Waals surface area contributed by atoms with Crippen LogP contribution in [0.4, 0.5) is 5.00 Å². The summed E-state index contributed by atoms with van der Waals surface area (Å²) in [7, 11) is 1.87. The van der Waals surface area contributed by atoms with E-state index in [-0.39, 0.29) is 5.91 Å². The SMILES string of the molecule is CNc1ccc(C(=O)N2CCCC2)s1. The fourth-order valence-corrected chi connectivity index (χ4v) is 2.49. The van der Waals surface area contributed by atoms with Crippen LogP contribution < -0.4 is 5.32 Å². The number of thiophene rings is 1. The first-order valence-electron chi connectivity index (χ1n) is 4.88. The van der Waals surface area contributed by atoms with E-state index in [0.29, 0.717) is 0 Å². The number of carbonyl (C=O) groups excluding carboxylic acids is 1. The number of hydrogen-bond donors (Lipinski definition) is 1. The van der Waals surface area contributed by atoms with E-state index in [4.69, 9.17) is 0 Å². The summed E-state index contributed by atoms with van der Waals surface area (Å²) in [6.45, 7) is 1.84. The molecular formula is C10H14N2OS. The highest BCUT2D eigenvalue weighted by Crippen LogP contribution is 2.23. The molecule has 0 aliphatic carbocycles. The Labute approximate surface area is 87.7 Å². The van der Waals surface area contributed by atoms with E-state index in [1.807, 2.05) is 24.1 Å². The van der Waals surface area contributed by atoms with Crippen molar-refractivity contribution in [1.29, 1.82) is 0 Å². The van der Waals surface area contributed by atoms with Gasteiger partial charge in [0.1, 0.15) is 0 Å². The minimum atomic E-state index is 0.189. The van der Waals surface area contributed by atoms with Crippen LogP contribution in [0.2, 0.25) is 0 Å². The lowest BCUT2D eigenvalue weighted by Gasteiger charge is -2.13. The number of nitrogens with zero attached hydrogens (tertiary/aromatic N) is 1. The van der Waals surface area contributed by atoms with Crippen LogP contribution in [-0.2, 0) is 0 Å². The maximum Gasteiger partial charge on any atom is 0.263 e. The van der Waals surface area contributed by atoms with E-state index >= 15 is 0 Å². The van der Waals surface area contributed by atoms with Crippen LogP contribution in [-0.4, -0.2) is 30.9 Å². The predicted octanol–water partition coefficient (Wildman–Crippen LogP) is 2.03. The largest absolute Gasteiger partial charge is 0.380 e. The van der Waals surface area contributed by atoms with Gasteiger partial charge in [0.2, 0.25) is 0 Å². The molecule has 1 amide bonds. The van der Waals surface area contributed by atoms with Crippen LogP contribution in [0.15, 0.2) is 12.1 Å². The molecule has 76 valence electrons. The van der Waals surface area contributed by atoms with Crippen LogP contribution >= 0.6 is 11.3 Å². The highest BCUT2D eigenvalue weighted by atomic mass is 32.1. The van der Waals surface area contributed by atoms with Gasteiger partial charge in [-0.2, -0.15) is 0 Å². The average molecular weight is 210 g/mol. The molecule has 4 heteroatoms. The molecule has 1 N–H and O–H groups in total. The van der Waals surface area contributed by atoms with Gasteiger partial charge in [0.15, 0.2) is 0 Å². The molecule has 0 bridgehead atoms. The molecule has 1 aliphatic rings. The molecule has 1 saturated heterocycles. The lowest BCUT2D eigenvalue weighted by atomic mass is 10.4. The van der Waals surface area contributed by atoms with E-state index in [0.717, 1.165) is 35.8 Å². The molecule has 1 aromatic heterocycles. The second-order valence-electron chi connectivity index (χ2n) is 3.41. The summed E-state index contributed by atoms with van der Waals surface area (Å²) in [6.07, 6.45) is 2.30. The lowest BCUT2D eigenvalue weighted by Crippen LogP contribution is -2.26. The summed E-state index contributed by atoms with van der Waals surface area (Å²) < 4.78 is 0. The summed E-state index contributed by atoms with van der Waals surface area (Å²) >= 11 is 1.53. The van der Waals surface area contributed by atoms with E-state index in [1.54, 1.807) is 0 Å². The van der Waals surface area contributed by atoms with Gasteiger partial charge in [-0.15, -0.1) is 11.3 Å². The molecule has 1 fully saturated rings. The summed E-state index contributed by atoms with van der Waals surface area (Å²) in [5.74, 6) is 0.189. The molecule has 3 nitrogen and oxygen atoms in total. The van der Waals surface area contributed by atoms with Crippen LogP contribution in [0.1, 0.15) is 22.5 Å². The van der Waals surface area contributed by atoms with Gasteiger partial charge in [0, 0.05) is 20.1 Å². The number of carbonyl (C=O) groups is 1. The number of rotatable bonds is 2. The number of likely N-dealkylation sites (tertiary alicyclic amines) is 1. The van der Waals surface area contributed by atoms with Crippen molar-refractivity contribution < 1.29 is 4.79 Å². The quantitative estimate of drug-likeness (QED) is 0.810. The van der Waals surface area contributed by atoms with E-state index in [1.165, 1.54) is 11.3 Å². The second kappa shape index (κ2) is 4.00. The minimum Gasteiger partial charge on any atom is -0.380 e. The summed E-state index contributed by atoms with van der Waals surface area (Å²) in [4.78, 5) is 14.7. The third kappa shape index (κ3) is 1.75. The summed E-state index contributed by atoms with van der Waals surface area (Å²) in [5.41, 5.74) is 0. The molecule has 0 saturated carbocycles. The van der Waals surface area contributed by atoms with Crippen molar-refractivity contribution in [2.75, 3.05) is 25.5 Å². The Morgan fingerprint density at radius 3 is 2.71 bits per heavy atom. The standard InChI is InChI=1S/C10H14N2OS/c1-11-9-5-4-8(14-9)10(13)12-6-2-3-7-12/h4-5,11H,2-3,6-7H2,1H3. The number of hydrogen-bond acceptors (Lipinski definition) is 3. The van der Waals surface area contributed by atoms with Crippen molar-refractivity contribution in [3.8, 4) is 0 Å². The van der Waals surface area contributed by atoms with Crippen molar-refractivity contribution in [1.82, 2.24) is 4.90 Å². The zero-order valence-electron chi connectivity index (χ0n) is 8.25. The van der Waals surface area contributed by atoms with Gasteiger partial charge in [-0.25, -0.2) is 0 Å². The zero-order chi connectivity index (χ0) is 9.97. The van der Waals surface area contributed by atoms with Crippen LogP contribution in [0.25, 0.3) is 0 Å². The molecular weight excluding hydrogens is 196 g/mol. The fourth-order valence-electron chi connectivity index (χ4n) is 1.66. The Morgan fingerprint density at radius 2 is 2.14 bits per heavy atom. The highest BCUT2D eigenvalue weighted by molar-refractivity contribution is 7.17. The monoisotopic (exact) mass is 210 g/mol. The Bertz CT molecular complexity index is 329.